The maximum atomic E-state index is 12.6. The molecule has 2 aromatic carbocycles. The Morgan fingerprint density at radius 1 is 1.11 bits per heavy atom. The van der Waals surface area contributed by atoms with Crippen LogP contribution in [0.25, 0.3) is 0 Å². The molecule has 7 nitrogen and oxygen atoms in total. The van der Waals surface area contributed by atoms with E-state index in [1.807, 2.05) is 6.07 Å². The molecule has 0 radical (unpaired) electrons. The Balaban J connectivity index is 2.10. The molecule has 0 aromatic heterocycles. The topological polar surface area (TPSA) is 95.9 Å². The minimum atomic E-state index is -1.15. The molecule has 0 aliphatic rings. The fraction of sp³-hybridized carbons (Fsp3) is 0.211. The van der Waals surface area contributed by atoms with Crippen LogP contribution in [0.1, 0.15) is 5.56 Å². The lowest BCUT2D eigenvalue weighted by molar-refractivity contribution is -0.147. The summed E-state index contributed by atoms with van der Waals surface area (Å²) >= 11 is 3.30. The number of hydrogen-bond donors (Lipinski definition) is 2. The van der Waals surface area contributed by atoms with Crippen LogP contribution in [0, 0.1) is 0 Å². The number of ether oxygens (including phenoxy) is 1. The molecule has 2 N–H and O–H groups in total. The van der Waals surface area contributed by atoms with E-state index in [-0.39, 0.29) is 6.42 Å². The first-order chi connectivity index (χ1) is 12.8. The van der Waals surface area contributed by atoms with Gasteiger partial charge in [0.25, 0.3) is 5.91 Å². The van der Waals surface area contributed by atoms with Gasteiger partial charge in [-0.2, -0.15) is 0 Å². The molecule has 0 bridgehead atoms. The Hall–Kier alpha value is -2.87. The van der Waals surface area contributed by atoms with Crippen molar-refractivity contribution in [3.63, 3.8) is 0 Å². The fourth-order valence-corrected chi connectivity index (χ4v) is 2.61. The van der Waals surface area contributed by atoms with Crippen LogP contribution in [-0.4, -0.2) is 47.7 Å². The molecule has 0 unspecified atom stereocenters. The molecule has 0 aliphatic heterocycles. The minimum absolute atomic E-state index is 0.136. The first-order valence-electron chi connectivity index (χ1n) is 8.09. The third-order valence-electron chi connectivity index (χ3n) is 3.63. The van der Waals surface area contributed by atoms with Crippen molar-refractivity contribution < 1.29 is 24.2 Å². The zero-order valence-corrected chi connectivity index (χ0v) is 16.2. The number of carbonyl (C=O) groups excluding carboxylic acids is 2. The summed E-state index contributed by atoms with van der Waals surface area (Å²) in [6, 6.07) is 15.9. The lowest BCUT2D eigenvalue weighted by Crippen LogP contribution is -2.43. The zero-order valence-electron chi connectivity index (χ0n) is 14.6. The van der Waals surface area contributed by atoms with Gasteiger partial charge in [-0.3, -0.25) is 14.9 Å². The van der Waals surface area contributed by atoms with Gasteiger partial charge in [-0.15, -0.1) is 0 Å². The van der Waals surface area contributed by atoms with Crippen LogP contribution in [0.3, 0.4) is 0 Å². The van der Waals surface area contributed by atoms with E-state index in [0.29, 0.717) is 5.69 Å². The van der Waals surface area contributed by atoms with E-state index in [1.165, 1.54) is 7.05 Å². The van der Waals surface area contributed by atoms with Crippen molar-refractivity contribution in [1.82, 2.24) is 4.90 Å². The summed E-state index contributed by atoms with van der Waals surface area (Å²) < 4.78 is 6.16. The van der Waals surface area contributed by atoms with Gasteiger partial charge in [0.05, 0.1) is 0 Å². The maximum absolute atomic E-state index is 12.6. The van der Waals surface area contributed by atoms with E-state index in [9.17, 15) is 14.4 Å². The Morgan fingerprint density at radius 2 is 1.74 bits per heavy atom. The van der Waals surface area contributed by atoms with E-state index < -0.39 is 30.6 Å². The highest BCUT2D eigenvalue weighted by atomic mass is 79.9. The fourth-order valence-electron chi connectivity index (χ4n) is 2.34. The highest BCUT2D eigenvalue weighted by Gasteiger charge is 2.27. The second-order valence-corrected chi connectivity index (χ2v) is 6.72. The number of carboxylic acid groups (broad SMARTS) is 1. The Bertz CT molecular complexity index is 796. The highest BCUT2D eigenvalue weighted by molar-refractivity contribution is 9.10. The molecule has 0 saturated carbocycles. The monoisotopic (exact) mass is 434 g/mol. The third kappa shape index (κ3) is 6.74. The molecule has 0 fully saturated rings. The molecular weight excluding hydrogens is 416 g/mol. The van der Waals surface area contributed by atoms with E-state index in [0.717, 1.165) is 14.9 Å². The number of nitrogens with one attached hydrogen (secondary N) is 1. The van der Waals surface area contributed by atoms with Gasteiger partial charge in [-0.1, -0.05) is 46.3 Å². The van der Waals surface area contributed by atoms with Gasteiger partial charge < -0.3 is 14.7 Å². The minimum Gasteiger partial charge on any atom is -0.480 e. The maximum Gasteiger partial charge on any atom is 0.412 e. The van der Waals surface area contributed by atoms with Gasteiger partial charge in [0.1, 0.15) is 6.54 Å². The normalized spacial score (nSPS) is 11.3. The quantitative estimate of drug-likeness (QED) is 0.697. The number of carboxylic acids is 1. The van der Waals surface area contributed by atoms with Crippen molar-refractivity contribution in [3.05, 3.63) is 64.6 Å². The molecule has 2 rings (SSSR count). The molecule has 8 heteroatoms. The van der Waals surface area contributed by atoms with Crippen molar-refractivity contribution in [2.75, 3.05) is 18.9 Å². The van der Waals surface area contributed by atoms with Gasteiger partial charge in [0, 0.05) is 23.6 Å². The number of carbonyl (C=O) groups is 3. The van der Waals surface area contributed by atoms with Gasteiger partial charge >= 0.3 is 12.1 Å². The molecule has 0 aliphatic carbocycles. The van der Waals surface area contributed by atoms with Crippen molar-refractivity contribution >= 4 is 39.6 Å². The van der Waals surface area contributed by atoms with Crippen LogP contribution < -0.4 is 5.32 Å². The summed E-state index contributed by atoms with van der Waals surface area (Å²) in [5, 5.41) is 11.4. The number of nitrogens with zero attached hydrogens (tertiary/aromatic N) is 1. The Morgan fingerprint density at radius 3 is 2.33 bits per heavy atom. The molecule has 142 valence electrons. The molecular formula is C19H19BrN2O5. The van der Waals surface area contributed by atoms with Crippen LogP contribution in [0.4, 0.5) is 10.5 Å². The summed E-state index contributed by atoms with van der Waals surface area (Å²) in [6.07, 6.45) is -1.81. The van der Waals surface area contributed by atoms with Gasteiger partial charge in [-0.25, -0.2) is 4.79 Å². The lowest BCUT2D eigenvalue weighted by Gasteiger charge is -2.23. The highest BCUT2D eigenvalue weighted by Crippen LogP contribution is 2.15. The number of rotatable bonds is 7. The number of hydrogen-bond acceptors (Lipinski definition) is 4. The van der Waals surface area contributed by atoms with Crippen LogP contribution in [0.5, 0.6) is 0 Å². The number of amides is 2. The molecule has 0 spiro atoms. The Kier molecular flexibility index (Phi) is 7.36. The van der Waals surface area contributed by atoms with Crippen molar-refractivity contribution in [3.8, 4) is 0 Å². The van der Waals surface area contributed by atoms with Crippen LogP contribution in [0.15, 0.2) is 59.1 Å². The summed E-state index contributed by atoms with van der Waals surface area (Å²) in [5.41, 5.74) is 1.30. The summed E-state index contributed by atoms with van der Waals surface area (Å²) in [5.74, 6) is -1.74. The lowest BCUT2D eigenvalue weighted by atomic mass is 10.1. The predicted molar refractivity (Wildman–Crippen MR) is 103 cm³/mol. The van der Waals surface area contributed by atoms with Crippen LogP contribution in [0.2, 0.25) is 0 Å². The first-order valence-corrected chi connectivity index (χ1v) is 8.88. The average molecular weight is 435 g/mol. The number of likely N-dealkylation sites (N-methyl/N-ethyl adjacent to an activating group) is 1. The van der Waals surface area contributed by atoms with Crippen LogP contribution >= 0.6 is 15.9 Å². The van der Waals surface area contributed by atoms with E-state index in [1.54, 1.807) is 48.5 Å². The summed E-state index contributed by atoms with van der Waals surface area (Å²) in [7, 11) is 1.35. The van der Waals surface area contributed by atoms with E-state index >= 15 is 0 Å². The van der Waals surface area contributed by atoms with Crippen molar-refractivity contribution in [2.24, 2.45) is 0 Å². The molecule has 0 heterocycles. The zero-order chi connectivity index (χ0) is 19.8. The number of halogens is 1. The Labute approximate surface area is 165 Å². The predicted octanol–water partition coefficient (Wildman–Crippen LogP) is 3.15. The van der Waals surface area contributed by atoms with Gasteiger partial charge in [-0.05, 0) is 29.8 Å². The van der Waals surface area contributed by atoms with E-state index in [4.69, 9.17) is 9.84 Å². The van der Waals surface area contributed by atoms with E-state index in [2.05, 4.69) is 21.2 Å². The molecule has 2 aromatic rings. The molecule has 0 saturated heterocycles. The standard InChI is InChI=1S/C19H19BrN2O5/c1-22(12-17(23)24)18(25)16(11-13-5-3-2-4-6-13)27-19(26)21-15-9-7-14(20)8-10-15/h2-10,16H,11-12H2,1H3,(H,21,26)(H,23,24)/t16-/m0/s1. The first kappa shape index (κ1) is 20.4. The number of benzene rings is 2. The summed E-state index contributed by atoms with van der Waals surface area (Å²) in [4.78, 5) is 36.7. The van der Waals surface area contributed by atoms with Crippen molar-refractivity contribution in [1.29, 1.82) is 0 Å². The second kappa shape index (κ2) is 9.72. The summed E-state index contributed by atoms with van der Waals surface area (Å²) in [6.45, 7) is -0.484. The molecule has 27 heavy (non-hydrogen) atoms. The smallest absolute Gasteiger partial charge is 0.412 e. The number of anilines is 1. The van der Waals surface area contributed by atoms with Gasteiger partial charge in [0.2, 0.25) is 0 Å². The second-order valence-electron chi connectivity index (χ2n) is 5.80. The average Bonchev–Trinajstić information content (AvgIpc) is 2.62. The SMILES string of the molecule is CN(CC(=O)O)C(=O)[C@H](Cc1ccccc1)OC(=O)Nc1ccc(Br)cc1. The molecule has 1 atom stereocenters. The largest absolute Gasteiger partial charge is 0.480 e. The van der Waals surface area contributed by atoms with Crippen LogP contribution in [-0.2, 0) is 20.7 Å². The van der Waals surface area contributed by atoms with Gasteiger partial charge in [0.15, 0.2) is 6.10 Å². The number of aliphatic carboxylic acids is 1. The molecule has 2 amide bonds. The third-order valence-corrected chi connectivity index (χ3v) is 4.16. The van der Waals surface area contributed by atoms with Crippen molar-refractivity contribution in [2.45, 2.75) is 12.5 Å².